The molecule has 3 heterocycles. The molecule has 0 unspecified atom stereocenters. The van der Waals surface area contributed by atoms with Crippen LogP contribution in [0.2, 0.25) is 5.02 Å². The van der Waals surface area contributed by atoms with Crippen molar-refractivity contribution < 1.29 is 4.39 Å². The van der Waals surface area contributed by atoms with Gasteiger partial charge in [-0.25, -0.2) is 13.9 Å². The van der Waals surface area contributed by atoms with Gasteiger partial charge >= 0.3 is 0 Å². The minimum absolute atomic E-state index is 0.0764. The fourth-order valence-corrected chi connectivity index (χ4v) is 2.98. The van der Waals surface area contributed by atoms with Gasteiger partial charge in [-0.3, -0.25) is 4.98 Å². The van der Waals surface area contributed by atoms with Gasteiger partial charge in [0.05, 0.1) is 10.7 Å². The molecule has 24 heavy (non-hydrogen) atoms. The number of nitrogens with zero attached hydrogens (tertiary/aromatic N) is 4. The second-order valence-corrected chi connectivity index (χ2v) is 5.80. The highest BCUT2D eigenvalue weighted by atomic mass is 35.5. The summed E-state index contributed by atoms with van der Waals surface area (Å²) < 4.78 is 15.3. The third-order valence-corrected chi connectivity index (χ3v) is 4.26. The second-order valence-electron chi connectivity index (χ2n) is 5.39. The molecule has 0 aliphatic rings. The summed E-state index contributed by atoms with van der Waals surface area (Å²) in [5, 5.41) is 4.32. The Kier molecular flexibility index (Phi) is 3.50. The van der Waals surface area contributed by atoms with Crippen molar-refractivity contribution in [2.45, 2.75) is 6.92 Å². The Morgan fingerprint density at radius 1 is 1.04 bits per heavy atom. The van der Waals surface area contributed by atoms with E-state index >= 15 is 0 Å². The van der Waals surface area contributed by atoms with E-state index in [0.29, 0.717) is 0 Å². The van der Waals surface area contributed by atoms with Crippen LogP contribution in [-0.2, 0) is 0 Å². The topological polar surface area (TPSA) is 43.1 Å². The molecular weight excluding hydrogens is 327 g/mol. The van der Waals surface area contributed by atoms with Crippen molar-refractivity contribution >= 4 is 17.2 Å². The van der Waals surface area contributed by atoms with Crippen LogP contribution in [0.4, 0.5) is 4.39 Å². The summed E-state index contributed by atoms with van der Waals surface area (Å²) in [7, 11) is 0. The molecule has 0 fully saturated rings. The van der Waals surface area contributed by atoms with E-state index in [9.17, 15) is 4.39 Å². The highest BCUT2D eigenvalue weighted by molar-refractivity contribution is 6.31. The maximum absolute atomic E-state index is 13.5. The van der Waals surface area contributed by atoms with Crippen LogP contribution in [0.15, 0.2) is 55.0 Å². The first kappa shape index (κ1) is 14.8. The normalized spacial score (nSPS) is 11.1. The standard InChI is InChI=1S/C18H12ClFN4/c1-11-13(5-7-17-22-10-23-24(11)17)14-3-2-8-21-18(14)12-4-6-16(20)15(19)9-12/h2-10H,1H3. The first-order valence-corrected chi connectivity index (χ1v) is 7.73. The molecule has 1 aromatic carbocycles. The molecule has 6 heteroatoms. The zero-order valence-electron chi connectivity index (χ0n) is 12.7. The number of aryl methyl sites for hydroxylation is 1. The average Bonchev–Trinajstić information content (AvgIpc) is 3.07. The van der Waals surface area contributed by atoms with Crippen molar-refractivity contribution in [2.24, 2.45) is 0 Å². The van der Waals surface area contributed by atoms with E-state index in [2.05, 4.69) is 15.1 Å². The van der Waals surface area contributed by atoms with Crippen molar-refractivity contribution in [1.29, 1.82) is 0 Å². The number of hydrogen-bond acceptors (Lipinski definition) is 3. The Labute approximate surface area is 142 Å². The summed E-state index contributed by atoms with van der Waals surface area (Å²) in [5.41, 5.74) is 5.14. The van der Waals surface area contributed by atoms with Gasteiger partial charge in [0.2, 0.25) is 0 Å². The van der Waals surface area contributed by atoms with E-state index in [0.717, 1.165) is 33.7 Å². The Bertz CT molecular complexity index is 1060. The molecule has 4 aromatic rings. The molecule has 0 saturated carbocycles. The Hall–Kier alpha value is -2.79. The first-order valence-electron chi connectivity index (χ1n) is 7.35. The lowest BCUT2D eigenvalue weighted by Gasteiger charge is -2.12. The van der Waals surface area contributed by atoms with Crippen molar-refractivity contribution in [1.82, 2.24) is 19.6 Å². The van der Waals surface area contributed by atoms with E-state index in [1.165, 1.54) is 12.4 Å². The fourth-order valence-electron chi connectivity index (χ4n) is 2.80. The summed E-state index contributed by atoms with van der Waals surface area (Å²) in [5.74, 6) is -0.446. The third-order valence-electron chi connectivity index (χ3n) is 3.97. The molecule has 4 rings (SSSR count). The van der Waals surface area contributed by atoms with E-state index < -0.39 is 5.82 Å². The Morgan fingerprint density at radius 2 is 1.92 bits per heavy atom. The molecule has 0 radical (unpaired) electrons. The summed E-state index contributed by atoms with van der Waals surface area (Å²) in [6.07, 6.45) is 3.23. The summed E-state index contributed by atoms with van der Waals surface area (Å²) in [6.45, 7) is 1.98. The molecule has 0 bridgehead atoms. The van der Waals surface area contributed by atoms with Gasteiger partial charge in [-0.05, 0) is 43.3 Å². The van der Waals surface area contributed by atoms with Crippen LogP contribution in [0.1, 0.15) is 5.69 Å². The molecule has 4 nitrogen and oxygen atoms in total. The molecular formula is C18H12ClFN4. The van der Waals surface area contributed by atoms with Gasteiger partial charge in [0.25, 0.3) is 0 Å². The SMILES string of the molecule is Cc1c(-c2cccnc2-c2ccc(F)c(Cl)c2)ccc2ncnn12. The summed E-state index contributed by atoms with van der Waals surface area (Å²) in [4.78, 5) is 8.67. The summed E-state index contributed by atoms with van der Waals surface area (Å²) in [6, 6.07) is 12.4. The lowest BCUT2D eigenvalue weighted by Crippen LogP contribution is -1.98. The van der Waals surface area contributed by atoms with Crippen LogP contribution in [0.3, 0.4) is 0 Å². The van der Waals surface area contributed by atoms with E-state index in [1.54, 1.807) is 22.8 Å². The van der Waals surface area contributed by atoms with Crippen molar-refractivity contribution in [2.75, 3.05) is 0 Å². The average molecular weight is 339 g/mol. The van der Waals surface area contributed by atoms with Crippen molar-refractivity contribution in [3.63, 3.8) is 0 Å². The van der Waals surface area contributed by atoms with Gasteiger partial charge < -0.3 is 0 Å². The van der Waals surface area contributed by atoms with Gasteiger partial charge in [0.15, 0.2) is 5.65 Å². The minimum atomic E-state index is -0.446. The van der Waals surface area contributed by atoms with Crippen LogP contribution < -0.4 is 0 Å². The van der Waals surface area contributed by atoms with Gasteiger partial charge in [0, 0.05) is 28.6 Å². The Balaban J connectivity index is 1.95. The van der Waals surface area contributed by atoms with Gasteiger partial charge in [-0.15, -0.1) is 0 Å². The number of hydrogen-bond donors (Lipinski definition) is 0. The monoisotopic (exact) mass is 338 g/mol. The predicted molar refractivity (Wildman–Crippen MR) is 91.4 cm³/mol. The lowest BCUT2D eigenvalue weighted by atomic mass is 9.98. The molecule has 0 saturated heterocycles. The van der Waals surface area contributed by atoms with Gasteiger partial charge in [0.1, 0.15) is 12.1 Å². The number of aromatic nitrogens is 4. The molecule has 118 valence electrons. The van der Waals surface area contributed by atoms with E-state index in [4.69, 9.17) is 11.6 Å². The number of benzene rings is 1. The van der Waals surface area contributed by atoms with Crippen LogP contribution >= 0.6 is 11.6 Å². The minimum Gasteiger partial charge on any atom is -0.256 e. The predicted octanol–water partition coefficient (Wildman–Crippen LogP) is 4.56. The maximum atomic E-state index is 13.5. The van der Waals surface area contributed by atoms with Crippen LogP contribution in [0.25, 0.3) is 28.0 Å². The maximum Gasteiger partial charge on any atom is 0.155 e. The van der Waals surface area contributed by atoms with E-state index in [-0.39, 0.29) is 5.02 Å². The molecule has 0 aliphatic heterocycles. The zero-order chi connectivity index (χ0) is 16.7. The molecule has 0 aliphatic carbocycles. The summed E-state index contributed by atoms with van der Waals surface area (Å²) >= 11 is 5.93. The number of halogens is 2. The smallest absolute Gasteiger partial charge is 0.155 e. The number of rotatable bonds is 2. The molecule has 0 N–H and O–H groups in total. The van der Waals surface area contributed by atoms with Gasteiger partial charge in [-0.2, -0.15) is 5.10 Å². The third kappa shape index (κ3) is 2.34. The van der Waals surface area contributed by atoms with Crippen LogP contribution in [0, 0.1) is 12.7 Å². The highest BCUT2D eigenvalue weighted by Crippen LogP contribution is 2.33. The molecule has 0 amide bonds. The molecule has 0 spiro atoms. The quantitative estimate of drug-likeness (QED) is 0.538. The zero-order valence-corrected chi connectivity index (χ0v) is 13.5. The lowest BCUT2D eigenvalue weighted by molar-refractivity contribution is 0.628. The Morgan fingerprint density at radius 3 is 2.75 bits per heavy atom. The highest BCUT2D eigenvalue weighted by Gasteiger charge is 2.14. The first-order chi connectivity index (χ1) is 11.6. The second kappa shape index (κ2) is 5.69. The van der Waals surface area contributed by atoms with Crippen molar-refractivity contribution in [3.8, 4) is 22.4 Å². The van der Waals surface area contributed by atoms with Crippen molar-refractivity contribution in [3.05, 3.63) is 71.5 Å². The molecule has 3 aromatic heterocycles. The number of pyridine rings is 2. The van der Waals surface area contributed by atoms with Gasteiger partial charge in [-0.1, -0.05) is 17.7 Å². The number of fused-ring (bicyclic) bond motifs is 1. The van der Waals surface area contributed by atoms with Crippen LogP contribution in [-0.4, -0.2) is 19.6 Å². The molecule has 0 atom stereocenters. The fraction of sp³-hybridized carbons (Fsp3) is 0.0556. The van der Waals surface area contributed by atoms with E-state index in [1.807, 2.05) is 31.2 Å². The van der Waals surface area contributed by atoms with Crippen LogP contribution in [0.5, 0.6) is 0 Å². The largest absolute Gasteiger partial charge is 0.256 e.